The SMILES string of the molecule is CNCC(C)(C)Cc1nc(Cl)ncc1[N+](=O)[O-]. The Balaban J connectivity index is 3.04. The summed E-state index contributed by atoms with van der Waals surface area (Å²) in [6.07, 6.45) is 1.62. The summed E-state index contributed by atoms with van der Waals surface area (Å²) in [6, 6.07) is 0. The van der Waals surface area contributed by atoms with E-state index in [-0.39, 0.29) is 16.4 Å². The van der Waals surface area contributed by atoms with E-state index in [9.17, 15) is 10.1 Å². The lowest BCUT2D eigenvalue weighted by Gasteiger charge is -2.23. The maximum Gasteiger partial charge on any atom is 0.308 e. The van der Waals surface area contributed by atoms with Crippen molar-refractivity contribution in [2.24, 2.45) is 5.41 Å². The van der Waals surface area contributed by atoms with Crippen LogP contribution in [0.2, 0.25) is 5.28 Å². The monoisotopic (exact) mass is 258 g/mol. The number of nitrogens with one attached hydrogen (secondary N) is 1. The summed E-state index contributed by atoms with van der Waals surface area (Å²) in [5.74, 6) is 0. The molecule has 1 N–H and O–H groups in total. The van der Waals surface area contributed by atoms with Gasteiger partial charge in [0.2, 0.25) is 5.28 Å². The second kappa shape index (κ2) is 5.37. The van der Waals surface area contributed by atoms with Crippen molar-refractivity contribution >= 4 is 17.3 Å². The average Bonchev–Trinajstić information content (AvgIpc) is 2.15. The first-order valence-electron chi connectivity index (χ1n) is 5.16. The van der Waals surface area contributed by atoms with Gasteiger partial charge in [-0.1, -0.05) is 13.8 Å². The summed E-state index contributed by atoms with van der Waals surface area (Å²) < 4.78 is 0. The molecule has 0 aliphatic heterocycles. The molecule has 1 aromatic rings. The van der Waals surface area contributed by atoms with Crippen molar-refractivity contribution in [3.63, 3.8) is 0 Å². The van der Waals surface area contributed by atoms with Gasteiger partial charge in [-0.3, -0.25) is 10.1 Å². The van der Waals surface area contributed by atoms with E-state index in [2.05, 4.69) is 15.3 Å². The van der Waals surface area contributed by atoms with Crippen LogP contribution in [0.4, 0.5) is 5.69 Å². The molecular weight excluding hydrogens is 244 g/mol. The van der Waals surface area contributed by atoms with Gasteiger partial charge in [0.25, 0.3) is 0 Å². The van der Waals surface area contributed by atoms with Gasteiger partial charge in [-0.05, 0) is 24.1 Å². The van der Waals surface area contributed by atoms with E-state index in [1.54, 1.807) is 0 Å². The van der Waals surface area contributed by atoms with Crippen molar-refractivity contribution in [2.75, 3.05) is 13.6 Å². The Morgan fingerprint density at radius 2 is 2.24 bits per heavy atom. The molecule has 0 fully saturated rings. The van der Waals surface area contributed by atoms with Crippen molar-refractivity contribution in [3.8, 4) is 0 Å². The van der Waals surface area contributed by atoms with Gasteiger partial charge >= 0.3 is 5.69 Å². The molecule has 0 unspecified atom stereocenters. The average molecular weight is 259 g/mol. The Hall–Kier alpha value is -1.27. The standard InChI is InChI=1S/C10H15ClN4O2/c1-10(2,6-12-3)4-7-8(15(16)17)5-13-9(11)14-7/h5,12H,4,6H2,1-3H3. The van der Waals surface area contributed by atoms with E-state index in [4.69, 9.17) is 11.6 Å². The minimum Gasteiger partial charge on any atom is -0.319 e. The molecule has 0 aliphatic rings. The van der Waals surface area contributed by atoms with Gasteiger partial charge in [0, 0.05) is 13.0 Å². The van der Waals surface area contributed by atoms with Gasteiger partial charge < -0.3 is 5.32 Å². The van der Waals surface area contributed by atoms with Crippen LogP contribution in [0.5, 0.6) is 0 Å². The fourth-order valence-electron chi connectivity index (χ4n) is 1.66. The van der Waals surface area contributed by atoms with E-state index in [1.165, 1.54) is 0 Å². The maximum atomic E-state index is 10.8. The zero-order valence-corrected chi connectivity index (χ0v) is 10.8. The first-order chi connectivity index (χ1) is 7.85. The minimum absolute atomic E-state index is 0.0332. The summed E-state index contributed by atoms with van der Waals surface area (Å²) in [5, 5.41) is 13.9. The van der Waals surface area contributed by atoms with E-state index in [1.807, 2.05) is 20.9 Å². The normalized spacial score (nSPS) is 11.5. The zero-order chi connectivity index (χ0) is 13.1. The fourth-order valence-corrected chi connectivity index (χ4v) is 1.81. The van der Waals surface area contributed by atoms with Crippen molar-refractivity contribution < 1.29 is 4.92 Å². The van der Waals surface area contributed by atoms with Crippen LogP contribution in [-0.2, 0) is 6.42 Å². The molecule has 1 rings (SSSR count). The molecule has 6 nitrogen and oxygen atoms in total. The first-order valence-corrected chi connectivity index (χ1v) is 5.54. The second-order valence-electron chi connectivity index (χ2n) is 4.60. The molecule has 0 aromatic carbocycles. The number of rotatable bonds is 5. The number of hydrogen-bond donors (Lipinski definition) is 1. The summed E-state index contributed by atoms with van der Waals surface area (Å²) in [7, 11) is 1.84. The number of halogens is 1. The van der Waals surface area contributed by atoms with Crippen LogP contribution in [-0.4, -0.2) is 28.5 Å². The van der Waals surface area contributed by atoms with Crippen LogP contribution in [0, 0.1) is 15.5 Å². The topological polar surface area (TPSA) is 81.0 Å². The summed E-state index contributed by atoms with van der Waals surface area (Å²) in [6.45, 7) is 4.73. The number of aromatic nitrogens is 2. The highest BCUT2D eigenvalue weighted by atomic mass is 35.5. The van der Waals surface area contributed by atoms with E-state index >= 15 is 0 Å². The van der Waals surface area contributed by atoms with Crippen LogP contribution < -0.4 is 5.32 Å². The molecule has 0 radical (unpaired) electrons. The van der Waals surface area contributed by atoms with Crippen molar-refractivity contribution in [1.82, 2.24) is 15.3 Å². The molecular formula is C10H15ClN4O2. The molecule has 0 atom stereocenters. The molecule has 1 aromatic heterocycles. The van der Waals surface area contributed by atoms with Crippen molar-refractivity contribution in [2.45, 2.75) is 20.3 Å². The molecule has 0 saturated carbocycles. The van der Waals surface area contributed by atoms with Gasteiger partial charge in [-0.2, -0.15) is 0 Å². The predicted molar refractivity (Wildman–Crippen MR) is 65.1 cm³/mol. The lowest BCUT2D eigenvalue weighted by atomic mass is 9.87. The zero-order valence-electron chi connectivity index (χ0n) is 10.0. The summed E-state index contributed by atoms with van der Waals surface area (Å²) in [4.78, 5) is 17.9. The summed E-state index contributed by atoms with van der Waals surface area (Å²) >= 11 is 5.67. The molecule has 17 heavy (non-hydrogen) atoms. The summed E-state index contributed by atoms with van der Waals surface area (Å²) in [5.41, 5.74) is 0.144. The molecule has 0 saturated heterocycles. The number of hydrogen-bond acceptors (Lipinski definition) is 5. The van der Waals surface area contributed by atoms with E-state index in [0.717, 1.165) is 12.7 Å². The smallest absolute Gasteiger partial charge is 0.308 e. The quantitative estimate of drug-likeness (QED) is 0.495. The maximum absolute atomic E-state index is 10.8. The minimum atomic E-state index is -0.485. The molecule has 1 heterocycles. The Labute approximate surface area is 105 Å². The lowest BCUT2D eigenvalue weighted by molar-refractivity contribution is -0.386. The molecule has 7 heteroatoms. The Morgan fingerprint density at radius 1 is 1.59 bits per heavy atom. The lowest BCUT2D eigenvalue weighted by Crippen LogP contribution is -2.29. The van der Waals surface area contributed by atoms with Crippen molar-refractivity contribution in [1.29, 1.82) is 0 Å². The number of nitro groups is 1. The molecule has 0 aliphatic carbocycles. The van der Waals surface area contributed by atoms with Crippen LogP contribution in [0.3, 0.4) is 0 Å². The molecule has 0 amide bonds. The highest BCUT2D eigenvalue weighted by Gasteiger charge is 2.25. The van der Waals surface area contributed by atoms with Gasteiger partial charge in [0.1, 0.15) is 11.9 Å². The number of nitrogens with zero attached hydrogens (tertiary/aromatic N) is 3. The Kier molecular flexibility index (Phi) is 4.36. The third-order valence-electron chi connectivity index (χ3n) is 2.31. The Bertz CT molecular complexity index is 423. The molecule has 0 bridgehead atoms. The van der Waals surface area contributed by atoms with Gasteiger partial charge in [0.15, 0.2) is 0 Å². The van der Waals surface area contributed by atoms with Gasteiger partial charge in [-0.25, -0.2) is 9.97 Å². The third-order valence-corrected chi connectivity index (χ3v) is 2.50. The van der Waals surface area contributed by atoms with Crippen LogP contribution in [0.1, 0.15) is 19.5 Å². The third kappa shape index (κ3) is 3.90. The van der Waals surface area contributed by atoms with Crippen LogP contribution in [0.15, 0.2) is 6.20 Å². The predicted octanol–water partition coefficient (Wildman–Crippen LogP) is 1.83. The highest BCUT2D eigenvalue weighted by molar-refractivity contribution is 6.28. The second-order valence-corrected chi connectivity index (χ2v) is 4.94. The van der Waals surface area contributed by atoms with Crippen LogP contribution in [0.25, 0.3) is 0 Å². The largest absolute Gasteiger partial charge is 0.319 e. The van der Waals surface area contributed by atoms with Gasteiger partial charge in [-0.15, -0.1) is 0 Å². The first kappa shape index (κ1) is 13.8. The Morgan fingerprint density at radius 3 is 2.76 bits per heavy atom. The van der Waals surface area contributed by atoms with Gasteiger partial charge in [0.05, 0.1) is 4.92 Å². The molecule has 0 spiro atoms. The van der Waals surface area contributed by atoms with E-state index in [0.29, 0.717) is 12.1 Å². The van der Waals surface area contributed by atoms with Crippen LogP contribution >= 0.6 is 11.6 Å². The highest BCUT2D eigenvalue weighted by Crippen LogP contribution is 2.26. The van der Waals surface area contributed by atoms with Crippen molar-refractivity contribution in [3.05, 3.63) is 27.3 Å². The molecule has 94 valence electrons. The van der Waals surface area contributed by atoms with E-state index < -0.39 is 4.92 Å². The fraction of sp³-hybridized carbons (Fsp3) is 0.600.